The number of amides is 1. The number of rotatable bonds is 15. The maximum atomic E-state index is 13.4. The maximum absolute atomic E-state index is 13.4. The predicted octanol–water partition coefficient (Wildman–Crippen LogP) is 5.20. The SMILES string of the molecule is C=CCOc1ccc(C2C(=C(O)c3ccc(OCC)cc3)C(=O)C(=O)N2CCCN(CC)CC)cc1OCC. The summed E-state index contributed by atoms with van der Waals surface area (Å²) in [6.07, 6.45) is 2.33. The topological polar surface area (TPSA) is 88.5 Å². The molecule has 1 atom stereocenters. The van der Waals surface area contributed by atoms with Crippen molar-refractivity contribution in [2.75, 3.05) is 46.0 Å². The zero-order chi connectivity index (χ0) is 28.4. The van der Waals surface area contributed by atoms with E-state index in [4.69, 9.17) is 14.2 Å². The summed E-state index contributed by atoms with van der Waals surface area (Å²) in [6.45, 7) is 15.8. The molecule has 1 fully saturated rings. The second-order valence-electron chi connectivity index (χ2n) is 9.07. The third-order valence-corrected chi connectivity index (χ3v) is 6.69. The van der Waals surface area contributed by atoms with Crippen LogP contribution in [0, 0.1) is 0 Å². The molecule has 1 amide bonds. The molecular weight excluding hydrogens is 496 g/mol. The number of aliphatic hydroxyl groups excluding tert-OH is 1. The number of ketones is 1. The van der Waals surface area contributed by atoms with Gasteiger partial charge in [-0.25, -0.2) is 0 Å². The van der Waals surface area contributed by atoms with Gasteiger partial charge in [-0.15, -0.1) is 0 Å². The molecule has 0 saturated carbocycles. The van der Waals surface area contributed by atoms with Crippen molar-refractivity contribution in [1.82, 2.24) is 9.80 Å². The number of carbonyl (C=O) groups excluding carboxylic acids is 2. The van der Waals surface area contributed by atoms with E-state index in [1.165, 1.54) is 0 Å². The third kappa shape index (κ3) is 7.00. The molecular formula is C31H40N2O6. The van der Waals surface area contributed by atoms with Crippen LogP contribution in [0.1, 0.15) is 51.3 Å². The van der Waals surface area contributed by atoms with Gasteiger partial charge < -0.3 is 29.1 Å². The highest BCUT2D eigenvalue weighted by Gasteiger charge is 2.46. The Morgan fingerprint density at radius 2 is 1.67 bits per heavy atom. The number of hydrogen-bond donors (Lipinski definition) is 1. The summed E-state index contributed by atoms with van der Waals surface area (Å²) in [5.74, 6) is 0.116. The van der Waals surface area contributed by atoms with E-state index < -0.39 is 17.7 Å². The lowest BCUT2D eigenvalue weighted by Crippen LogP contribution is -2.33. The van der Waals surface area contributed by atoms with Crippen molar-refractivity contribution in [2.24, 2.45) is 0 Å². The molecule has 0 spiro atoms. The second-order valence-corrected chi connectivity index (χ2v) is 9.07. The van der Waals surface area contributed by atoms with Crippen LogP contribution >= 0.6 is 0 Å². The van der Waals surface area contributed by atoms with Gasteiger partial charge in [-0.05, 0) is 81.9 Å². The van der Waals surface area contributed by atoms with Crippen LogP contribution in [0.5, 0.6) is 17.2 Å². The Morgan fingerprint density at radius 1 is 0.974 bits per heavy atom. The Balaban J connectivity index is 2.08. The molecule has 39 heavy (non-hydrogen) atoms. The summed E-state index contributed by atoms with van der Waals surface area (Å²) in [6, 6.07) is 11.4. The van der Waals surface area contributed by atoms with Gasteiger partial charge in [0, 0.05) is 12.1 Å². The van der Waals surface area contributed by atoms with E-state index in [0.717, 1.165) is 19.6 Å². The van der Waals surface area contributed by atoms with Crippen molar-refractivity contribution in [3.63, 3.8) is 0 Å². The van der Waals surface area contributed by atoms with Gasteiger partial charge in [0.15, 0.2) is 11.5 Å². The fourth-order valence-corrected chi connectivity index (χ4v) is 4.72. The molecule has 8 nitrogen and oxygen atoms in total. The summed E-state index contributed by atoms with van der Waals surface area (Å²) < 4.78 is 17.1. The van der Waals surface area contributed by atoms with Crippen LogP contribution in [0.2, 0.25) is 0 Å². The molecule has 1 N–H and O–H groups in total. The first-order chi connectivity index (χ1) is 18.9. The quantitative estimate of drug-likeness (QED) is 0.145. The van der Waals surface area contributed by atoms with Gasteiger partial charge in [0.1, 0.15) is 18.1 Å². The molecule has 1 aliphatic rings. The van der Waals surface area contributed by atoms with E-state index in [2.05, 4.69) is 25.3 Å². The first-order valence-electron chi connectivity index (χ1n) is 13.6. The summed E-state index contributed by atoms with van der Waals surface area (Å²) in [5, 5.41) is 11.4. The van der Waals surface area contributed by atoms with Gasteiger partial charge >= 0.3 is 0 Å². The molecule has 210 valence electrons. The van der Waals surface area contributed by atoms with Crippen LogP contribution < -0.4 is 14.2 Å². The average Bonchev–Trinajstić information content (AvgIpc) is 3.20. The van der Waals surface area contributed by atoms with Gasteiger partial charge in [0.2, 0.25) is 0 Å². The molecule has 0 bridgehead atoms. The van der Waals surface area contributed by atoms with Gasteiger partial charge in [0.05, 0.1) is 24.8 Å². The maximum Gasteiger partial charge on any atom is 0.295 e. The van der Waals surface area contributed by atoms with Crippen molar-refractivity contribution in [1.29, 1.82) is 0 Å². The van der Waals surface area contributed by atoms with Crippen molar-refractivity contribution in [3.8, 4) is 17.2 Å². The Hall–Kier alpha value is -3.78. The third-order valence-electron chi connectivity index (χ3n) is 6.69. The number of likely N-dealkylation sites (tertiary alicyclic amines) is 1. The lowest BCUT2D eigenvalue weighted by atomic mass is 9.95. The molecule has 2 aromatic carbocycles. The normalized spacial score (nSPS) is 16.5. The van der Waals surface area contributed by atoms with Crippen LogP contribution in [-0.4, -0.2) is 72.6 Å². The van der Waals surface area contributed by atoms with Crippen molar-refractivity contribution >= 4 is 17.4 Å². The molecule has 1 heterocycles. The molecule has 1 aliphatic heterocycles. The van der Waals surface area contributed by atoms with E-state index in [1.54, 1.807) is 53.4 Å². The molecule has 1 saturated heterocycles. The summed E-state index contributed by atoms with van der Waals surface area (Å²) >= 11 is 0. The minimum atomic E-state index is -0.777. The van der Waals surface area contributed by atoms with Crippen LogP contribution in [0.4, 0.5) is 0 Å². The van der Waals surface area contributed by atoms with Gasteiger partial charge in [-0.3, -0.25) is 9.59 Å². The Bertz CT molecular complexity index is 1170. The first kappa shape index (κ1) is 29.8. The largest absolute Gasteiger partial charge is 0.507 e. The molecule has 0 aliphatic carbocycles. The summed E-state index contributed by atoms with van der Waals surface area (Å²) in [4.78, 5) is 30.6. The first-order valence-corrected chi connectivity index (χ1v) is 13.6. The van der Waals surface area contributed by atoms with Crippen LogP contribution in [0.25, 0.3) is 5.76 Å². The van der Waals surface area contributed by atoms with E-state index in [1.807, 2.05) is 13.8 Å². The zero-order valence-corrected chi connectivity index (χ0v) is 23.4. The highest BCUT2D eigenvalue weighted by Crippen LogP contribution is 2.42. The molecule has 1 unspecified atom stereocenters. The van der Waals surface area contributed by atoms with E-state index in [-0.39, 0.29) is 11.3 Å². The number of Topliss-reactive ketones (excluding diaryl/α,β-unsaturated/α-hetero) is 1. The molecule has 2 aromatic rings. The van der Waals surface area contributed by atoms with E-state index in [9.17, 15) is 14.7 Å². The van der Waals surface area contributed by atoms with E-state index in [0.29, 0.717) is 61.2 Å². The number of ether oxygens (including phenoxy) is 3. The van der Waals surface area contributed by atoms with Crippen LogP contribution in [0.15, 0.2) is 60.7 Å². The molecule has 0 aromatic heterocycles. The van der Waals surface area contributed by atoms with Gasteiger partial charge in [-0.2, -0.15) is 0 Å². The number of carbonyl (C=O) groups is 2. The number of aliphatic hydroxyl groups is 1. The van der Waals surface area contributed by atoms with Crippen molar-refractivity contribution in [2.45, 2.75) is 40.2 Å². The molecule has 8 heteroatoms. The Morgan fingerprint density at radius 3 is 2.28 bits per heavy atom. The van der Waals surface area contributed by atoms with Crippen LogP contribution in [0.3, 0.4) is 0 Å². The smallest absolute Gasteiger partial charge is 0.295 e. The lowest BCUT2D eigenvalue weighted by molar-refractivity contribution is -0.140. The van der Waals surface area contributed by atoms with Gasteiger partial charge in [0.25, 0.3) is 11.7 Å². The zero-order valence-electron chi connectivity index (χ0n) is 23.4. The highest BCUT2D eigenvalue weighted by molar-refractivity contribution is 6.46. The monoisotopic (exact) mass is 536 g/mol. The summed E-state index contributed by atoms with van der Waals surface area (Å²) in [5.41, 5.74) is 1.13. The minimum Gasteiger partial charge on any atom is -0.507 e. The van der Waals surface area contributed by atoms with Crippen molar-refractivity contribution < 1.29 is 28.9 Å². The minimum absolute atomic E-state index is 0.0502. The fraction of sp³-hybridized carbons (Fsp3) is 0.419. The number of nitrogens with zero attached hydrogens (tertiary/aromatic N) is 2. The average molecular weight is 537 g/mol. The van der Waals surface area contributed by atoms with Gasteiger partial charge in [-0.1, -0.05) is 32.6 Å². The molecule has 3 rings (SSSR count). The van der Waals surface area contributed by atoms with Crippen LogP contribution in [-0.2, 0) is 9.59 Å². The predicted molar refractivity (Wildman–Crippen MR) is 152 cm³/mol. The second kappa shape index (κ2) is 14.4. The lowest BCUT2D eigenvalue weighted by Gasteiger charge is -2.27. The number of benzene rings is 2. The van der Waals surface area contributed by atoms with E-state index >= 15 is 0 Å². The van der Waals surface area contributed by atoms with Crippen molar-refractivity contribution in [3.05, 3.63) is 71.8 Å². The highest BCUT2D eigenvalue weighted by atomic mass is 16.5. The molecule has 0 radical (unpaired) electrons. The standard InChI is InChI=1S/C31H40N2O6/c1-6-20-39-25-17-14-23(21-26(25)38-10-5)28-27(29(34)22-12-15-24(16-13-22)37-9-4)30(35)31(36)33(28)19-11-18-32(7-2)8-3/h6,12-17,21,28,34H,1,7-11,18-20H2,2-5H3. The Kier molecular flexibility index (Phi) is 11.0. The fourth-order valence-electron chi connectivity index (χ4n) is 4.72. The summed E-state index contributed by atoms with van der Waals surface area (Å²) in [7, 11) is 0. The Labute approximate surface area is 231 Å². The number of hydrogen-bond acceptors (Lipinski definition) is 7.